The molecule has 0 fully saturated rings. The highest BCUT2D eigenvalue weighted by molar-refractivity contribution is 7.92. The van der Waals surface area contributed by atoms with Crippen LogP contribution in [0.3, 0.4) is 0 Å². The average Bonchev–Trinajstić information content (AvgIpc) is 2.79. The average molecular weight is 525 g/mol. The molecule has 36 heavy (non-hydrogen) atoms. The number of carboxylic acid groups (broad SMARTS) is 2. The highest BCUT2D eigenvalue weighted by atomic mass is 32.2. The van der Waals surface area contributed by atoms with E-state index >= 15 is 0 Å². The molecule has 0 aliphatic carbocycles. The van der Waals surface area contributed by atoms with E-state index in [-0.39, 0.29) is 16.1 Å². The first kappa shape index (κ1) is 28.2. The Kier molecular flexibility index (Phi) is 9.06. The van der Waals surface area contributed by atoms with Crippen molar-refractivity contribution in [2.24, 2.45) is 0 Å². The van der Waals surface area contributed by atoms with Gasteiger partial charge in [0.1, 0.15) is 0 Å². The zero-order valence-corrected chi connectivity index (χ0v) is 20.0. The van der Waals surface area contributed by atoms with Crippen LogP contribution in [0.25, 0.3) is 0 Å². The van der Waals surface area contributed by atoms with Crippen molar-refractivity contribution in [1.82, 2.24) is 0 Å². The molecule has 3 N–H and O–H groups in total. The highest BCUT2D eigenvalue weighted by Gasteiger charge is 2.38. The zero-order valence-electron chi connectivity index (χ0n) is 19.2. The predicted octanol–water partition coefficient (Wildman–Crippen LogP) is 4.76. The van der Waals surface area contributed by atoms with Crippen molar-refractivity contribution in [2.45, 2.75) is 24.5 Å². The highest BCUT2D eigenvalue weighted by Crippen LogP contribution is 2.27. The van der Waals surface area contributed by atoms with Crippen LogP contribution < -0.4 is 9.62 Å². The topological polar surface area (TPSA) is 124 Å². The minimum absolute atomic E-state index is 0.0212. The molecule has 8 nitrogen and oxygen atoms in total. The van der Waals surface area contributed by atoms with Crippen LogP contribution in [0.15, 0.2) is 77.7 Å². The molecular weight excluding hydrogens is 501 g/mol. The minimum Gasteiger partial charge on any atom is -0.478 e. The second-order valence-corrected chi connectivity index (χ2v) is 9.29. The molecule has 0 atom stereocenters. The molecule has 0 saturated heterocycles. The van der Waals surface area contributed by atoms with Crippen molar-refractivity contribution in [3.63, 3.8) is 0 Å². The second-order valence-electron chi connectivity index (χ2n) is 7.60. The van der Waals surface area contributed by atoms with Crippen LogP contribution in [0.5, 0.6) is 0 Å². The number of sulfonamides is 1. The third-order valence-corrected chi connectivity index (χ3v) is 6.07. The van der Waals surface area contributed by atoms with Gasteiger partial charge in [0, 0.05) is 19.3 Å². The number of hydrogen-bond acceptors (Lipinski definition) is 5. The number of anilines is 2. The largest absolute Gasteiger partial charge is 0.490 e. The summed E-state index contributed by atoms with van der Waals surface area (Å²) in [5.74, 6) is -3.89. The van der Waals surface area contributed by atoms with Gasteiger partial charge < -0.3 is 15.1 Å². The number of halogens is 3. The number of carboxylic acids is 2. The smallest absolute Gasteiger partial charge is 0.478 e. The van der Waals surface area contributed by atoms with Crippen LogP contribution in [0.4, 0.5) is 24.5 Å². The van der Waals surface area contributed by atoms with Crippen molar-refractivity contribution in [3.05, 3.63) is 89.5 Å². The molecule has 0 bridgehead atoms. The summed E-state index contributed by atoms with van der Waals surface area (Å²) >= 11 is 0. The summed E-state index contributed by atoms with van der Waals surface area (Å²) in [6.45, 7) is 2.33. The summed E-state index contributed by atoms with van der Waals surface area (Å²) in [6, 6.07) is 20.7. The Hall–Kier alpha value is -4.06. The quantitative estimate of drug-likeness (QED) is 0.407. The van der Waals surface area contributed by atoms with Gasteiger partial charge in [0.05, 0.1) is 16.1 Å². The summed E-state index contributed by atoms with van der Waals surface area (Å²) < 4.78 is 59.5. The van der Waals surface area contributed by atoms with E-state index in [0.29, 0.717) is 12.2 Å². The van der Waals surface area contributed by atoms with Gasteiger partial charge in [-0.25, -0.2) is 18.0 Å². The Morgan fingerprint density at radius 2 is 1.56 bits per heavy atom. The van der Waals surface area contributed by atoms with Gasteiger partial charge >= 0.3 is 18.1 Å². The lowest BCUT2D eigenvalue weighted by molar-refractivity contribution is -0.192. The fraction of sp³-hybridized carbons (Fsp3) is 0.167. The molecule has 0 saturated carbocycles. The summed E-state index contributed by atoms with van der Waals surface area (Å²) in [6.07, 6.45) is -5.08. The maximum atomic E-state index is 12.6. The van der Waals surface area contributed by atoms with E-state index in [1.165, 1.54) is 12.1 Å². The van der Waals surface area contributed by atoms with Crippen molar-refractivity contribution in [3.8, 4) is 0 Å². The number of nitrogens with zero attached hydrogens (tertiary/aromatic N) is 1. The van der Waals surface area contributed by atoms with Crippen molar-refractivity contribution in [2.75, 3.05) is 16.7 Å². The fourth-order valence-corrected chi connectivity index (χ4v) is 4.20. The van der Waals surface area contributed by atoms with E-state index in [2.05, 4.69) is 4.72 Å². The molecule has 0 aromatic heterocycles. The molecular formula is C24H23F3N2O6S. The third-order valence-electron chi connectivity index (χ3n) is 4.70. The van der Waals surface area contributed by atoms with Crippen molar-refractivity contribution < 1.29 is 41.4 Å². The molecule has 0 spiro atoms. The van der Waals surface area contributed by atoms with E-state index in [4.69, 9.17) is 9.90 Å². The number of nitrogens with one attached hydrogen (secondary N) is 1. The Morgan fingerprint density at radius 3 is 2.08 bits per heavy atom. The molecule has 0 unspecified atom stereocenters. The SMILES string of the molecule is Cc1cccc(S(=O)(=O)Nc2ccc(N(C)Cc3ccccc3)c(C(=O)O)c2)c1.O=C(O)C(F)(F)F. The first-order valence-corrected chi connectivity index (χ1v) is 11.7. The number of aliphatic carboxylic acids is 1. The van der Waals surface area contributed by atoms with E-state index < -0.39 is 28.1 Å². The number of benzene rings is 3. The maximum absolute atomic E-state index is 12.6. The lowest BCUT2D eigenvalue weighted by Gasteiger charge is -2.22. The van der Waals surface area contributed by atoms with Gasteiger partial charge in [-0.15, -0.1) is 0 Å². The predicted molar refractivity (Wildman–Crippen MR) is 128 cm³/mol. The molecule has 0 aliphatic rings. The molecule has 3 aromatic carbocycles. The van der Waals surface area contributed by atoms with Crippen LogP contribution in [-0.2, 0) is 21.4 Å². The van der Waals surface area contributed by atoms with Gasteiger partial charge in [0.15, 0.2) is 0 Å². The van der Waals surface area contributed by atoms with E-state index in [9.17, 15) is 31.5 Å². The van der Waals surface area contributed by atoms with E-state index in [0.717, 1.165) is 11.1 Å². The minimum atomic E-state index is -5.08. The van der Waals surface area contributed by atoms with E-state index in [1.54, 1.807) is 44.3 Å². The zero-order chi connectivity index (χ0) is 27.1. The molecule has 0 radical (unpaired) electrons. The van der Waals surface area contributed by atoms with Crippen LogP contribution in [-0.4, -0.2) is 43.8 Å². The van der Waals surface area contributed by atoms with Gasteiger partial charge in [-0.05, 0) is 48.4 Å². The second kappa shape index (κ2) is 11.6. The molecule has 3 rings (SSSR count). The van der Waals surface area contributed by atoms with Gasteiger partial charge in [-0.2, -0.15) is 13.2 Å². The lowest BCUT2D eigenvalue weighted by Crippen LogP contribution is -2.21. The maximum Gasteiger partial charge on any atom is 0.490 e. The van der Waals surface area contributed by atoms with Gasteiger partial charge in [-0.1, -0.05) is 42.5 Å². The number of rotatable bonds is 7. The number of aryl methyl sites for hydroxylation is 1. The Morgan fingerprint density at radius 1 is 0.944 bits per heavy atom. The molecule has 12 heteroatoms. The first-order chi connectivity index (χ1) is 16.7. The Labute approximate surface area is 205 Å². The number of aromatic carboxylic acids is 1. The monoisotopic (exact) mass is 524 g/mol. The number of hydrogen-bond donors (Lipinski definition) is 3. The van der Waals surface area contributed by atoms with Gasteiger partial charge in [0.25, 0.3) is 10.0 Å². The summed E-state index contributed by atoms with van der Waals surface area (Å²) in [5, 5.41) is 16.8. The summed E-state index contributed by atoms with van der Waals surface area (Å²) in [7, 11) is -2.02. The van der Waals surface area contributed by atoms with Gasteiger partial charge in [-0.3, -0.25) is 4.72 Å². The first-order valence-electron chi connectivity index (χ1n) is 10.2. The number of alkyl halides is 3. The standard InChI is InChI=1S/C22H22N2O4S.C2HF3O2/c1-16-7-6-10-19(13-16)29(27,28)23-18-11-12-21(20(14-18)22(25)26)24(2)15-17-8-4-3-5-9-17;3-2(4,5)1(6)7/h3-14,23H,15H2,1-2H3,(H,25,26);(H,6,7). The lowest BCUT2D eigenvalue weighted by atomic mass is 10.1. The molecule has 0 amide bonds. The number of carbonyl (C=O) groups is 2. The summed E-state index contributed by atoms with van der Waals surface area (Å²) in [4.78, 5) is 22.6. The van der Waals surface area contributed by atoms with Crippen LogP contribution in [0.2, 0.25) is 0 Å². The molecule has 192 valence electrons. The van der Waals surface area contributed by atoms with Crippen LogP contribution in [0.1, 0.15) is 21.5 Å². The third kappa shape index (κ3) is 8.01. The van der Waals surface area contributed by atoms with E-state index in [1.807, 2.05) is 35.2 Å². The van der Waals surface area contributed by atoms with Crippen molar-refractivity contribution >= 4 is 33.3 Å². The van der Waals surface area contributed by atoms with Gasteiger partial charge in [0.2, 0.25) is 0 Å². The molecule has 0 aliphatic heterocycles. The molecule has 3 aromatic rings. The summed E-state index contributed by atoms with van der Waals surface area (Å²) in [5.41, 5.74) is 2.57. The Bertz CT molecular complexity index is 1330. The normalized spacial score (nSPS) is 11.1. The van der Waals surface area contributed by atoms with Crippen LogP contribution >= 0.6 is 0 Å². The van der Waals surface area contributed by atoms with Crippen LogP contribution in [0, 0.1) is 6.92 Å². The Balaban J connectivity index is 0.000000572. The molecule has 0 heterocycles. The van der Waals surface area contributed by atoms with Crippen molar-refractivity contribution in [1.29, 1.82) is 0 Å². The fourth-order valence-electron chi connectivity index (χ4n) is 3.04.